The van der Waals surface area contributed by atoms with Crippen molar-refractivity contribution in [2.75, 3.05) is 43.5 Å². The predicted octanol–water partition coefficient (Wildman–Crippen LogP) is 3.37. The molecule has 0 aromatic heterocycles. The van der Waals surface area contributed by atoms with E-state index in [1.807, 2.05) is 38.1 Å². The van der Waals surface area contributed by atoms with E-state index in [9.17, 15) is 9.90 Å². The van der Waals surface area contributed by atoms with E-state index >= 15 is 0 Å². The SMILES string of the molecule is COc1cc(C)c(C)cc1NC(=O)N1CCN(c2ccccc2O)CC1. The van der Waals surface area contributed by atoms with Crippen LogP contribution in [0, 0.1) is 13.8 Å². The molecule has 1 fully saturated rings. The molecule has 1 heterocycles. The minimum Gasteiger partial charge on any atom is -0.506 e. The summed E-state index contributed by atoms with van der Waals surface area (Å²) in [6.07, 6.45) is 0. The molecule has 2 aromatic carbocycles. The first-order valence-electron chi connectivity index (χ1n) is 8.73. The van der Waals surface area contributed by atoms with Crippen LogP contribution >= 0.6 is 0 Å². The second-order valence-electron chi connectivity index (χ2n) is 6.53. The summed E-state index contributed by atoms with van der Waals surface area (Å²) in [5, 5.41) is 12.9. The normalized spacial score (nSPS) is 14.3. The van der Waals surface area contributed by atoms with Gasteiger partial charge in [0.05, 0.1) is 18.5 Å². The number of aromatic hydroxyl groups is 1. The summed E-state index contributed by atoms with van der Waals surface area (Å²) >= 11 is 0. The van der Waals surface area contributed by atoms with Crippen molar-refractivity contribution in [3.8, 4) is 11.5 Å². The molecule has 0 radical (unpaired) electrons. The number of hydrogen-bond acceptors (Lipinski definition) is 4. The van der Waals surface area contributed by atoms with Gasteiger partial charge in [-0.25, -0.2) is 4.79 Å². The highest BCUT2D eigenvalue weighted by Crippen LogP contribution is 2.29. The van der Waals surface area contributed by atoms with Crippen molar-refractivity contribution in [2.45, 2.75) is 13.8 Å². The van der Waals surface area contributed by atoms with Gasteiger partial charge in [0.1, 0.15) is 11.5 Å². The van der Waals surface area contributed by atoms with Crippen LogP contribution in [-0.4, -0.2) is 49.3 Å². The molecule has 2 N–H and O–H groups in total. The van der Waals surface area contributed by atoms with E-state index in [1.165, 1.54) is 0 Å². The third-order valence-electron chi connectivity index (χ3n) is 4.85. The van der Waals surface area contributed by atoms with Gasteiger partial charge in [0.15, 0.2) is 0 Å². The first kappa shape index (κ1) is 17.9. The number of hydrogen-bond donors (Lipinski definition) is 2. The van der Waals surface area contributed by atoms with Gasteiger partial charge in [-0.05, 0) is 49.2 Å². The molecule has 2 aromatic rings. The second kappa shape index (κ2) is 7.56. The zero-order valence-corrected chi connectivity index (χ0v) is 15.5. The predicted molar refractivity (Wildman–Crippen MR) is 103 cm³/mol. The standard InChI is InChI=1S/C20H25N3O3/c1-14-12-16(19(26-3)13-15(14)2)21-20(25)23-10-8-22(9-11-23)17-6-4-5-7-18(17)24/h4-7,12-13,24H,8-11H2,1-3H3,(H,21,25). The van der Waals surface area contributed by atoms with Crippen LogP contribution in [0.15, 0.2) is 36.4 Å². The van der Waals surface area contributed by atoms with Gasteiger partial charge in [-0.1, -0.05) is 12.1 Å². The van der Waals surface area contributed by atoms with Crippen LogP contribution in [0.4, 0.5) is 16.2 Å². The number of carbonyl (C=O) groups excluding carboxylic acids is 1. The van der Waals surface area contributed by atoms with Crippen molar-refractivity contribution >= 4 is 17.4 Å². The molecular weight excluding hydrogens is 330 g/mol. The first-order valence-corrected chi connectivity index (χ1v) is 8.73. The number of nitrogens with zero attached hydrogens (tertiary/aromatic N) is 2. The third kappa shape index (κ3) is 3.69. The fraction of sp³-hybridized carbons (Fsp3) is 0.350. The van der Waals surface area contributed by atoms with Gasteiger partial charge in [0, 0.05) is 26.2 Å². The van der Waals surface area contributed by atoms with Crippen LogP contribution in [0.1, 0.15) is 11.1 Å². The number of nitrogens with one attached hydrogen (secondary N) is 1. The molecule has 1 saturated heterocycles. The number of phenolic OH excluding ortho intramolecular Hbond substituents is 1. The Morgan fingerprint density at radius 1 is 1.08 bits per heavy atom. The lowest BCUT2D eigenvalue weighted by molar-refractivity contribution is 0.208. The molecule has 26 heavy (non-hydrogen) atoms. The number of rotatable bonds is 3. The Morgan fingerprint density at radius 2 is 1.73 bits per heavy atom. The van der Waals surface area contributed by atoms with Crippen molar-refractivity contribution in [3.63, 3.8) is 0 Å². The Morgan fingerprint density at radius 3 is 2.38 bits per heavy atom. The summed E-state index contributed by atoms with van der Waals surface area (Å²) < 4.78 is 5.39. The lowest BCUT2D eigenvalue weighted by Gasteiger charge is -2.36. The van der Waals surface area contributed by atoms with E-state index < -0.39 is 0 Å². The molecule has 138 valence electrons. The molecule has 2 amide bonds. The maximum atomic E-state index is 12.6. The monoisotopic (exact) mass is 355 g/mol. The molecular formula is C20H25N3O3. The Labute approximate surface area is 154 Å². The van der Waals surface area contributed by atoms with Gasteiger partial charge in [-0.15, -0.1) is 0 Å². The Bertz CT molecular complexity index is 799. The van der Waals surface area contributed by atoms with Gasteiger partial charge in [-0.2, -0.15) is 0 Å². The van der Waals surface area contributed by atoms with Crippen molar-refractivity contribution in [2.24, 2.45) is 0 Å². The van der Waals surface area contributed by atoms with Gasteiger partial charge < -0.3 is 25.0 Å². The number of phenols is 1. The zero-order chi connectivity index (χ0) is 18.7. The smallest absolute Gasteiger partial charge is 0.322 e. The average molecular weight is 355 g/mol. The molecule has 0 spiro atoms. The molecule has 1 aliphatic rings. The van der Waals surface area contributed by atoms with Crippen LogP contribution in [0.5, 0.6) is 11.5 Å². The number of carbonyl (C=O) groups is 1. The van der Waals surface area contributed by atoms with Crippen LogP contribution in [-0.2, 0) is 0 Å². The summed E-state index contributed by atoms with van der Waals surface area (Å²) in [6, 6.07) is 11.0. The maximum Gasteiger partial charge on any atom is 0.322 e. The Hall–Kier alpha value is -2.89. The highest BCUT2D eigenvalue weighted by molar-refractivity contribution is 5.91. The van der Waals surface area contributed by atoms with E-state index in [0.29, 0.717) is 37.6 Å². The van der Waals surface area contributed by atoms with Crippen LogP contribution in [0.2, 0.25) is 0 Å². The average Bonchev–Trinajstić information content (AvgIpc) is 2.65. The van der Waals surface area contributed by atoms with Crippen molar-refractivity contribution in [1.29, 1.82) is 0 Å². The number of urea groups is 1. The number of piperazine rings is 1. The van der Waals surface area contributed by atoms with E-state index in [1.54, 1.807) is 24.1 Å². The summed E-state index contributed by atoms with van der Waals surface area (Å²) in [6.45, 7) is 6.56. The topological polar surface area (TPSA) is 65.0 Å². The van der Waals surface area contributed by atoms with Gasteiger partial charge >= 0.3 is 6.03 Å². The summed E-state index contributed by atoms with van der Waals surface area (Å²) in [7, 11) is 1.60. The van der Waals surface area contributed by atoms with Crippen LogP contribution in [0.25, 0.3) is 0 Å². The number of benzene rings is 2. The molecule has 6 nitrogen and oxygen atoms in total. The van der Waals surface area contributed by atoms with Crippen molar-refractivity contribution < 1.29 is 14.6 Å². The number of ether oxygens (including phenoxy) is 1. The van der Waals surface area contributed by atoms with Crippen molar-refractivity contribution in [1.82, 2.24) is 4.90 Å². The van der Waals surface area contributed by atoms with Crippen LogP contribution in [0.3, 0.4) is 0 Å². The highest BCUT2D eigenvalue weighted by Gasteiger charge is 2.23. The first-order chi connectivity index (χ1) is 12.5. The largest absolute Gasteiger partial charge is 0.506 e. The number of para-hydroxylation sites is 2. The molecule has 0 atom stereocenters. The second-order valence-corrected chi connectivity index (χ2v) is 6.53. The molecule has 0 bridgehead atoms. The number of amides is 2. The van der Waals surface area contributed by atoms with E-state index in [-0.39, 0.29) is 11.8 Å². The minimum absolute atomic E-state index is 0.136. The number of aryl methyl sites for hydroxylation is 2. The summed E-state index contributed by atoms with van der Waals surface area (Å²) in [5.41, 5.74) is 3.72. The van der Waals surface area contributed by atoms with E-state index in [2.05, 4.69) is 10.2 Å². The van der Waals surface area contributed by atoms with Crippen molar-refractivity contribution in [3.05, 3.63) is 47.5 Å². The number of anilines is 2. The van der Waals surface area contributed by atoms with Gasteiger partial charge in [-0.3, -0.25) is 0 Å². The fourth-order valence-corrected chi connectivity index (χ4v) is 3.13. The molecule has 0 unspecified atom stereocenters. The minimum atomic E-state index is -0.136. The molecule has 1 aliphatic heterocycles. The fourth-order valence-electron chi connectivity index (χ4n) is 3.13. The van der Waals surface area contributed by atoms with Crippen LogP contribution < -0.4 is 15.0 Å². The summed E-state index contributed by atoms with van der Waals surface area (Å²) in [4.78, 5) is 16.5. The number of methoxy groups -OCH3 is 1. The molecule has 6 heteroatoms. The summed E-state index contributed by atoms with van der Waals surface area (Å²) in [5.74, 6) is 0.930. The lowest BCUT2D eigenvalue weighted by Crippen LogP contribution is -2.50. The Balaban J connectivity index is 1.64. The van der Waals surface area contributed by atoms with E-state index in [4.69, 9.17) is 4.74 Å². The molecule has 0 saturated carbocycles. The highest BCUT2D eigenvalue weighted by atomic mass is 16.5. The third-order valence-corrected chi connectivity index (χ3v) is 4.85. The molecule has 3 rings (SSSR count). The molecule has 0 aliphatic carbocycles. The lowest BCUT2D eigenvalue weighted by atomic mass is 10.1. The van der Waals surface area contributed by atoms with Gasteiger partial charge in [0.2, 0.25) is 0 Å². The van der Waals surface area contributed by atoms with E-state index in [0.717, 1.165) is 16.8 Å². The quantitative estimate of drug-likeness (QED) is 0.886. The zero-order valence-electron chi connectivity index (χ0n) is 15.5. The Kier molecular flexibility index (Phi) is 5.21. The van der Waals surface area contributed by atoms with Gasteiger partial charge in [0.25, 0.3) is 0 Å². The maximum absolute atomic E-state index is 12.6.